The standard InChI is InChI=1S/C23H24N2O2S/c1-17-12-14-20(15-13-17)28(26,27)25(19-8-4-3-5-9-19)23-16-18(2)24-22-11-7-6-10-21(22)23/h3-15,18,23-24H,16H2,1-2H3/t18-,23+/m1/s1. The van der Waals surface area contributed by atoms with Crippen LogP contribution in [0.1, 0.15) is 30.5 Å². The molecule has 1 aliphatic heterocycles. The van der Waals surface area contributed by atoms with E-state index in [1.54, 1.807) is 16.4 Å². The summed E-state index contributed by atoms with van der Waals surface area (Å²) in [7, 11) is -3.73. The predicted octanol–water partition coefficient (Wildman–Crippen LogP) is 5.14. The number of hydrogen-bond donors (Lipinski definition) is 1. The number of para-hydroxylation sites is 2. The van der Waals surface area contributed by atoms with Crippen LogP contribution in [0.15, 0.2) is 83.8 Å². The van der Waals surface area contributed by atoms with E-state index in [0.29, 0.717) is 17.0 Å². The molecule has 0 aromatic heterocycles. The quantitative estimate of drug-likeness (QED) is 0.669. The van der Waals surface area contributed by atoms with Gasteiger partial charge in [0, 0.05) is 11.7 Å². The van der Waals surface area contributed by atoms with Crippen molar-refractivity contribution in [3.63, 3.8) is 0 Å². The highest BCUT2D eigenvalue weighted by Gasteiger charge is 2.36. The monoisotopic (exact) mass is 392 g/mol. The molecule has 1 heterocycles. The topological polar surface area (TPSA) is 49.4 Å². The van der Waals surface area contributed by atoms with Crippen LogP contribution < -0.4 is 9.62 Å². The van der Waals surface area contributed by atoms with Gasteiger partial charge < -0.3 is 5.32 Å². The van der Waals surface area contributed by atoms with E-state index in [1.165, 1.54) is 0 Å². The molecule has 0 fully saturated rings. The Morgan fingerprint density at radius 2 is 1.54 bits per heavy atom. The van der Waals surface area contributed by atoms with Crippen molar-refractivity contribution >= 4 is 21.4 Å². The van der Waals surface area contributed by atoms with Crippen molar-refractivity contribution in [2.24, 2.45) is 0 Å². The Balaban J connectivity index is 1.90. The van der Waals surface area contributed by atoms with E-state index in [4.69, 9.17) is 0 Å². The number of fused-ring (bicyclic) bond motifs is 1. The molecule has 4 nitrogen and oxygen atoms in total. The van der Waals surface area contributed by atoms with Crippen LogP contribution in [-0.2, 0) is 10.0 Å². The van der Waals surface area contributed by atoms with Gasteiger partial charge in [-0.2, -0.15) is 0 Å². The first kappa shape index (κ1) is 18.6. The van der Waals surface area contributed by atoms with E-state index >= 15 is 0 Å². The summed E-state index contributed by atoms with van der Waals surface area (Å²) in [6.07, 6.45) is 0.691. The van der Waals surface area contributed by atoms with Crippen molar-refractivity contribution in [1.82, 2.24) is 0 Å². The third kappa shape index (κ3) is 3.38. The molecule has 5 heteroatoms. The zero-order valence-corrected chi connectivity index (χ0v) is 16.9. The zero-order chi connectivity index (χ0) is 19.7. The fourth-order valence-corrected chi connectivity index (χ4v) is 5.45. The Morgan fingerprint density at radius 1 is 0.893 bits per heavy atom. The fraction of sp³-hybridized carbons (Fsp3) is 0.217. The number of sulfonamides is 1. The second-order valence-corrected chi connectivity index (χ2v) is 9.15. The van der Waals surface area contributed by atoms with Gasteiger partial charge in [-0.15, -0.1) is 0 Å². The average molecular weight is 393 g/mol. The van der Waals surface area contributed by atoms with E-state index in [0.717, 1.165) is 16.8 Å². The normalized spacial score (nSPS) is 18.8. The highest BCUT2D eigenvalue weighted by molar-refractivity contribution is 7.92. The largest absolute Gasteiger partial charge is 0.382 e. The molecule has 0 amide bonds. The maximum absolute atomic E-state index is 13.8. The van der Waals surface area contributed by atoms with Gasteiger partial charge >= 0.3 is 0 Å². The van der Waals surface area contributed by atoms with Crippen molar-refractivity contribution in [2.45, 2.75) is 37.2 Å². The Bertz CT molecular complexity index is 1060. The van der Waals surface area contributed by atoms with Crippen LogP contribution in [0.25, 0.3) is 0 Å². The van der Waals surface area contributed by atoms with Gasteiger partial charge in [0.05, 0.1) is 16.6 Å². The van der Waals surface area contributed by atoms with E-state index in [1.807, 2.05) is 73.7 Å². The smallest absolute Gasteiger partial charge is 0.264 e. The second-order valence-electron chi connectivity index (χ2n) is 7.33. The Labute approximate surface area is 166 Å². The molecule has 144 valence electrons. The van der Waals surface area contributed by atoms with Gasteiger partial charge in [0.2, 0.25) is 0 Å². The van der Waals surface area contributed by atoms with E-state index in [9.17, 15) is 8.42 Å². The van der Waals surface area contributed by atoms with Gasteiger partial charge in [-0.3, -0.25) is 4.31 Å². The molecule has 0 saturated heterocycles. The summed E-state index contributed by atoms with van der Waals surface area (Å²) >= 11 is 0. The Kier molecular flexibility index (Phi) is 4.85. The molecular formula is C23H24N2O2S. The minimum atomic E-state index is -3.73. The van der Waals surface area contributed by atoms with Crippen LogP contribution in [-0.4, -0.2) is 14.5 Å². The van der Waals surface area contributed by atoms with Crippen molar-refractivity contribution < 1.29 is 8.42 Å². The molecule has 1 N–H and O–H groups in total. The number of aryl methyl sites for hydroxylation is 1. The minimum absolute atomic E-state index is 0.166. The number of nitrogens with zero attached hydrogens (tertiary/aromatic N) is 1. The SMILES string of the molecule is Cc1ccc(S(=O)(=O)N(c2ccccc2)[C@H]2C[C@@H](C)Nc3ccccc32)cc1. The molecule has 2 atom stereocenters. The number of anilines is 2. The Morgan fingerprint density at radius 3 is 2.25 bits per heavy atom. The lowest BCUT2D eigenvalue weighted by Crippen LogP contribution is -2.40. The lowest BCUT2D eigenvalue weighted by Gasteiger charge is -2.39. The lowest BCUT2D eigenvalue weighted by molar-refractivity contribution is 0.541. The number of hydrogen-bond acceptors (Lipinski definition) is 3. The summed E-state index contributed by atoms with van der Waals surface area (Å²) in [5.74, 6) is 0. The predicted molar refractivity (Wildman–Crippen MR) is 114 cm³/mol. The molecule has 28 heavy (non-hydrogen) atoms. The van der Waals surface area contributed by atoms with Crippen molar-refractivity contribution in [3.8, 4) is 0 Å². The molecule has 0 aliphatic carbocycles. The van der Waals surface area contributed by atoms with E-state index < -0.39 is 10.0 Å². The van der Waals surface area contributed by atoms with Crippen molar-refractivity contribution in [2.75, 3.05) is 9.62 Å². The molecular weight excluding hydrogens is 368 g/mol. The van der Waals surface area contributed by atoms with E-state index in [-0.39, 0.29) is 12.1 Å². The summed E-state index contributed by atoms with van der Waals surface area (Å²) in [6, 6.07) is 24.3. The van der Waals surface area contributed by atoms with Crippen LogP contribution in [0.5, 0.6) is 0 Å². The number of benzene rings is 3. The van der Waals surface area contributed by atoms with Crippen molar-refractivity contribution in [1.29, 1.82) is 0 Å². The fourth-order valence-electron chi connectivity index (χ4n) is 3.81. The second kappa shape index (κ2) is 7.32. The summed E-state index contributed by atoms with van der Waals surface area (Å²) in [5.41, 5.74) is 3.70. The molecule has 0 saturated carbocycles. The zero-order valence-electron chi connectivity index (χ0n) is 16.0. The van der Waals surface area contributed by atoms with Crippen LogP contribution in [0.2, 0.25) is 0 Å². The molecule has 0 bridgehead atoms. The average Bonchev–Trinajstić information content (AvgIpc) is 2.69. The molecule has 3 aromatic carbocycles. The molecule has 0 spiro atoms. The van der Waals surface area contributed by atoms with Crippen LogP contribution in [0.3, 0.4) is 0 Å². The van der Waals surface area contributed by atoms with Gasteiger partial charge in [-0.05, 0) is 56.2 Å². The maximum Gasteiger partial charge on any atom is 0.264 e. The lowest BCUT2D eigenvalue weighted by atomic mass is 9.93. The molecule has 0 unspecified atom stereocenters. The van der Waals surface area contributed by atoms with Gasteiger partial charge in [0.15, 0.2) is 0 Å². The molecule has 0 radical (unpaired) electrons. The first-order chi connectivity index (χ1) is 13.5. The first-order valence-electron chi connectivity index (χ1n) is 9.48. The highest BCUT2D eigenvalue weighted by Crippen LogP contribution is 2.41. The van der Waals surface area contributed by atoms with Crippen LogP contribution >= 0.6 is 0 Å². The third-order valence-corrected chi connectivity index (χ3v) is 7.02. The first-order valence-corrected chi connectivity index (χ1v) is 10.9. The molecule has 1 aliphatic rings. The maximum atomic E-state index is 13.8. The minimum Gasteiger partial charge on any atom is -0.382 e. The summed E-state index contributed by atoms with van der Waals surface area (Å²) in [5, 5.41) is 3.47. The van der Waals surface area contributed by atoms with Gasteiger partial charge in [-0.25, -0.2) is 8.42 Å². The summed E-state index contributed by atoms with van der Waals surface area (Å²) in [4.78, 5) is 0.311. The Hall–Kier alpha value is -2.79. The van der Waals surface area contributed by atoms with Gasteiger partial charge in [-0.1, -0.05) is 54.1 Å². The van der Waals surface area contributed by atoms with Crippen LogP contribution in [0.4, 0.5) is 11.4 Å². The number of nitrogens with one attached hydrogen (secondary N) is 1. The van der Waals surface area contributed by atoms with Crippen molar-refractivity contribution in [3.05, 3.63) is 90.0 Å². The number of rotatable bonds is 4. The summed E-state index contributed by atoms with van der Waals surface area (Å²) < 4.78 is 29.1. The highest BCUT2D eigenvalue weighted by atomic mass is 32.2. The molecule has 3 aromatic rings. The van der Waals surface area contributed by atoms with Crippen LogP contribution in [0, 0.1) is 6.92 Å². The van der Waals surface area contributed by atoms with Gasteiger partial charge in [0.1, 0.15) is 0 Å². The third-order valence-electron chi connectivity index (χ3n) is 5.17. The van der Waals surface area contributed by atoms with Gasteiger partial charge in [0.25, 0.3) is 10.0 Å². The van der Waals surface area contributed by atoms with E-state index in [2.05, 4.69) is 12.2 Å². The summed E-state index contributed by atoms with van der Waals surface area (Å²) in [6.45, 7) is 4.04. The molecule has 4 rings (SSSR count).